The Hall–Kier alpha value is -4.26. The molecule has 12 nitrogen and oxygen atoms in total. The van der Waals surface area contributed by atoms with E-state index in [9.17, 15) is 13.2 Å². The lowest BCUT2D eigenvalue weighted by molar-refractivity contribution is 0.0238. The number of hydrogen-bond acceptors (Lipinski definition) is 9. The molecule has 0 saturated carbocycles. The number of aromatic nitrogens is 3. The summed E-state index contributed by atoms with van der Waals surface area (Å²) in [6.45, 7) is 6.66. The second-order valence-electron chi connectivity index (χ2n) is 10.1. The van der Waals surface area contributed by atoms with Crippen LogP contribution in [0.3, 0.4) is 0 Å². The Bertz CT molecular complexity index is 1650. The van der Waals surface area contributed by atoms with Gasteiger partial charge in [0.15, 0.2) is 11.4 Å². The fourth-order valence-electron chi connectivity index (χ4n) is 4.41. The van der Waals surface area contributed by atoms with E-state index in [4.69, 9.17) is 18.7 Å². The van der Waals surface area contributed by atoms with E-state index in [1.165, 1.54) is 20.3 Å². The Balaban J connectivity index is 1.40. The summed E-state index contributed by atoms with van der Waals surface area (Å²) in [6, 6.07) is 9.80. The van der Waals surface area contributed by atoms with E-state index in [2.05, 4.69) is 15.0 Å². The lowest BCUT2D eigenvalue weighted by Gasteiger charge is -2.24. The van der Waals surface area contributed by atoms with Crippen molar-refractivity contribution in [3.05, 3.63) is 59.4 Å². The molecule has 0 aliphatic carbocycles. The molecule has 1 N–H and O–H groups in total. The quantitative estimate of drug-likeness (QED) is 0.356. The van der Waals surface area contributed by atoms with Crippen molar-refractivity contribution in [3.8, 4) is 11.5 Å². The van der Waals surface area contributed by atoms with Gasteiger partial charge in [0.25, 0.3) is 10.0 Å². The molecule has 1 aliphatic heterocycles. The summed E-state index contributed by atoms with van der Waals surface area (Å²) in [5.74, 6) is 0.567. The smallest absolute Gasteiger partial charge is 0.410 e. The summed E-state index contributed by atoms with van der Waals surface area (Å²) in [5.41, 5.74) is 2.39. The maximum atomic E-state index is 13.1. The summed E-state index contributed by atoms with van der Waals surface area (Å²) >= 11 is 0. The van der Waals surface area contributed by atoms with Crippen molar-refractivity contribution in [1.82, 2.24) is 19.8 Å². The van der Waals surface area contributed by atoms with E-state index < -0.39 is 15.6 Å². The zero-order valence-corrected chi connectivity index (χ0v) is 23.0. The predicted octanol–water partition coefficient (Wildman–Crippen LogP) is 4.14. The Morgan fingerprint density at radius 2 is 1.85 bits per heavy atom. The molecule has 0 radical (unpaired) electrons. The van der Waals surface area contributed by atoms with Gasteiger partial charge in [0.1, 0.15) is 27.4 Å². The number of carbonyl (C=O) groups excluding carboxylic acids is 1. The van der Waals surface area contributed by atoms with Crippen LogP contribution in [0.25, 0.3) is 11.0 Å². The Kier molecular flexibility index (Phi) is 6.62. The van der Waals surface area contributed by atoms with E-state index in [0.717, 1.165) is 16.8 Å². The minimum absolute atomic E-state index is 0.00714. The summed E-state index contributed by atoms with van der Waals surface area (Å²) in [4.78, 5) is 14.1. The molecule has 5 rings (SSSR count). The van der Waals surface area contributed by atoms with Gasteiger partial charge in [-0.1, -0.05) is 17.3 Å². The minimum atomic E-state index is -4.03. The van der Waals surface area contributed by atoms with Crippen LogP contribution in [0.5, 0.6) is 11.5 Å². The van der Waals surface area contributed by atoms with E-state index >= 15 is 0 Å². The van der Waals surface area contributed by atoms with Crippen LogP contribution in [0.1, 0.15) is 37.6 Å². The highest BCUT2D eigenvalue weighted by Crippen LogP contribution is 2.36. The highest BCUT2D eigenvalue weighted by atomic mass is 32.2. The molecule has 0 bridgehead atoms. The molecule has 0 saturated heterocycles. The minimum Gasteiger partial charge on any atom is -0.496 e. The first-order chi connectivity index (χ1) is 18.5. The maximum absolute atomic E-state index is 13.1. The molecule has 0 atom stereocenters. The number of benzene rings is 2. The summed E-state index contributed by atoms with van der Waals surface area (Å²) in [6.07, 6.45) is 1.37. The summed E-state index contributed by atoms with van der Waals surface area (Å²) in [5, 5.41) is 8.82. The SMILES string of the molecule is COc1ccccc1S(=O)(=O)Nc1noc2cc(Cn3ncc4c3CN(C(=O)OC(C)(C)C)C4)cc(OC)c12. The van der Waals surface area contributed by atoms with Crippen molar-refractivity contribution in [1.29, 1.82) is 0 Å². The number of ether oxygens (including phenoxy) is 3. The van der Waals surface area contributed by atoms with Gasteiger partial charge >= 0.3 is 6.09 Å². The summed E-state index contributed by atoms with van der Waals surface area (Å²) < 4.78 is 52.3. The van der Waals surface area contributed by atoms with Crippen molar-refractivity contribution in [2.45, 2.75) is 50.9 Å². The predicted molar refractivity (Wildman–Crippen MR) is 141 cm³/mol. The first kappa shape index (κ1) is 26.4. The standard InChI is InChI=1S/C26H29N5O7S/c1-26(2,3)37-25(32)30-14-17-12-27-31(18(17)15-30)13-16-10-20(36-5)23-21(11-16)38-28-24(23)29-39(33,34)22-9-7-6-8-19(22)35-4/h6-12H,13-15H2,1-5H3,(H,28,29). The third-order valence-corrected chi connectivity index (χ3v) is 7.51. The van der Waals surface area contributed by atoms with Gasteiger partial charge in [-0.05, 0) is 50.6 Å². The number of nitrogens with one attached hydrogen (secondary N) is 1. The lowest BCUT2D eigenvalue weighted by atomic mass is 10.1. The number of fused-ring (bicyclic) bond motifs is 2. The molecule has 0 fully saturated rings. The average Bonchev–Trinajstić information content (AvgIpc) is 3.58. The average molecular weight is 556 g/mol. The third-order valence-electron chi connectivity index (χ3n) is 6.13. The van der Waals surface area contributed by atoms with Crippen LogP contribution in [0.4, 0.5) is 10.6 Å². The monoisotopic (exact) mass is 555 g/mol. The first-order valence-electron chi connectivity index (χ1n) is 12.1. The number of sulfonamides is 1. The molecule has 1 amide bonds. The van der Waals surface area contributed by atoms with Crippen LogP contribution in [-0.2, 0) is 34.4 Å². The van der Waals surface area contributed by atoms with E-state index in [1.807, 2.05) is 25.5 Å². The molecule has 2 aromatic carbocycles. The molecule has 4 aromatic rings. The van der Waals surface area contributed by atoms with E-state index in [0.29, 0.717) is 36.4 Å². The van der Waals surface area contributed by atoms with Crippen molar-refractivity contribution in [2.24, 2.45) is 0 Å². The molecular formula is C26H29N5O7S. The number of nitrogens with zero attached hydrogens (tertiary/aromatic N) is 4. The Morgan fingerprint density at radius 3 is 2.56 bits per heavy atom. The number of anilines is 1. The highest BCUT2D eigenvalue weighted by Gasteiger charge is 2.31. The molecule has 0 unspecified atom stereocenters. The molecular weight excluding hydrogens is 526 g/mol. The van der Waals surface area contributed by atoms with Crippen LogP contribution in [-0.4, -0.2) is 54.2 Å². The van der Waals surface area contributed by atoms with Gasteiger partial charge in [-0.25, -0.2) is 13.2 Å². The highest BCUT2D eigenvalue weighted by molar-refractivity contribution is 7.92. The summed E-state index contributed by atoms with van der Waals surface area (Å²) in [7, 11) is -1.16. The molecule has 13 heteroatoms. The van der Waals surface area contributed by atoms with Crippen LogP contribution in [0.15, 0.2) is 52.0 Å². The number of methoxy groups -OCH3 is 2. The van der Waals surface area contributed by atoms with Crippen molar-refractivity contribution in [2.75, 3.05) is 18.9 Å². The number of hydrogen-bond donors (Lipinski definition) is 1. The van der Waals surface area contributed by atoms with Gasteiger partial charge in [0.05, 0.1) is 45.7 Å². The van der Waals surface area contributed by atoms with Gasteiger partial charge < -0.3 is 18.7 Å². The van der Waals surface area contributed by atoms with Gasteiger partial charge in [-0.3, -0.25) is 14.3 Å². The first-order valence-corrected chi connectivity index (χ1v) is 13.6. The van der Waals surface area contributed by atoms with E-state index in [-0.39, 0.29) is 22.6 Å². The molecule has 1 aliphatic rings. The largest absolute Gasteiger partial charge is 0.496 e. The molecule has 3 heterocycles. The fourth-order valence-corrected chi connectivity index (χ4v) is 5.58. The normalized spacial score (nSPS) is 13.4. The van der Waals surface area contributed by atoms with Crippen LogP contribution in [0, 0.1) is 0 Å². The van der Waals surface area contributed by atoms with Crippen LogP contribution >= 0.6 is 0 Å². The van der Waals surface area contributed by atoms with Crippen LogP contribution < -0.4 is 14.2 Å². The van der Waals surface area contributed by atoms with Crippen molar-refractivity contribution < 1.29 is 31.9 Å². The topological polar surface area (TPSA) is 138 Å². The molecule has 39 heavy (non-hydrogen) atoms. The Morgan fingerprint density at radius 1 is 1.10 bits per heavy atom. The van der Waals surface area contributed by atoms with Gasteiger partial charge in [0, 0.05) is 5.56 Å². The second kappa shape index (κ2) is 9.80. The number of para-hydroxylation sites is 1. The Labute approximate surface area is 225 Å². The molecule has 0 spiro atoms. The number of carbonyl (C=O) groups is 1. The molecule has 206 valence electrons. The number of amides is 1. The zero-order valence-electron chi connectivity index (χ0n) is 22.2. The zero-order chi connectivity index (χ0) is 27.9. The lowest BCUT2D eigenvalue weighted by Crippen LogP contribution is -2.33. The number of rotatable bonds is 7. The van der Waals surface area contributed by atoms with Gasteiger partial charge in [-0.2, -0.15) is 5.10 Å². The fraction of sp³-hybridized carbons (Fsp3) is 0.346. The molecule has 2 aromatic heterocycles. The maximum Gasteiger partial charge on any atom is 0.410 e. The second-order valence-corrected chi connectivity index (χ2v) is 11.7. The van der Waals surface area contributed by atoms with E-state index in [1.54, 1.807) is 41.4 Å². The third kappa shape index (κ3) is 5.21. The van der Waals surface area contributed by atoms with Crippen molar-refractivity contribution >= 4 is 32.9 Å². The van der Waals surface area contributed by atoms with Crippen LogP contribution in [0.2, 0.25) is 0 Å². The van der Waals surface area contributed by atoms with Gasteiger partial charge in [0.2, 0.25) is 0 Å². The van der Waals surface area contributed by atoms with Gasteiger partial charge in [-0.15, -0.1) is 0 Å². The van der Waals surface area contributed by atoms with Crippen molar-refractivity contribution in [3.63, 3.8) is 0 Å².